The van der Waals surface area contributed by atoms with E-state index in [2.05, 4.69) is 27.3 Å². The van der Waals surface area contributed by atoms with Crippen molar-refractivity contribution >= 4 is 27.3 Å². The summed E-state index contributed by atoms with van der Waals surface area (Å²) in [6.45, 7) is 2.66. The van der Waals surface area contributed by atoms with Crippen LogP contribution in [0.15, 0.2) is 40.9 Å². The Balaban J connectivity index is 2.13. The van der Waals surface area contributed by atoms with Crippen molar-refractivity contribution in [3.05, 3.63) is 57.8 Å². The van der Waals surface area contributed by atoms with Crippen molar-refractivity contribution in [2.45, 2.75) is 13.5 Å². The fourth-order valence-corrected chi connectivity index (χ4v) is 2.10. The van der Waals surface area contributed by atoms with Crippen LogP contribution in [0, 0.1) is 12.7 Å². The maximum Gasteiger partial charge on any atom is 0.139 e. The van der Waals surface area contributed by atoms with E-state index in [9.17, 15) is 4.39 Å². The lowest BCUT2D eigenvalue weighted by molar-refractivity contribution is 0.622. The molecule has 3 N–H and O–H groups in total. The second-order valence-electron chi connectivity index (χ2n) is 4.20. The van der Waals surface area contributed by atoms with Crippen molar-refractivity contribution in [1.82, 2.24) is 0 Å². The Morgan fingerprint density at radius 2 is 2.06 bits per heavy atom. The van der Waals surface area contributed by atoms with Gasteiger partial charge in [0, 0.05) is 12.6 Å². The predicted octanol–water partition coefficient (Wildman–Crippen LogP) is 4.09. The molecule has 0 radical (unpaired) electrons. The number of benzene rings is 2. The number of hydrogen-bond donors (Lipinski definition) is 2. The molecule has 2 aromatic rings. The smallest absolute Gasteiger partial charge is 0.139 e. The van der Waals surface area contributed by atoms with Crippen molar-refractivity contribution in [3.63, 3.8) is 0 Å². The van der Waals surface area contributed by atoms with Gasteiger partial charge in [-0.15, -0.1) is 0 Å². The van der Waals surface area contributed by atoms with Crippen molar-refractivity contribution in [3.8, 4) is 0 Å². The number of hydrogen-bond acceptors (Lipinski definition) is 2. The van der Waals surface area contributed by atoms with Gasteiger partial charge in [0.05, 0.1) is 15.8 Å². The highest BCUT2D eigenvalue weighted by Crippen LogP contribution is 2.26. The van der Waals surface area contributed by atoms with Crippen LogP contribution in [-0.2, 0) is 6.54 Å². The Hall–Kier alpha value is -1.55. The van der Waals surface area contributed by atoms with Crippen LogP contribution in [0.25, 0.3) is 0 Å². The van der Waals surface area contributed by atoms with Gasteiger partial charge in [-0.05, 0) is 34.5 Å². The molecule has 0 bridgehead atoms. The van der Waals surface area contributed by atoms with E-state index in [0.717, 1.165) is 5.56 Å². The Kier molecular flexibility index (Phi) is 3.87. The summed E-state index contributed by atoms with van der Waals surface area (Å²) in [7, 11) is 0. The minimum absolute atomic E-state index is 0.323. The van der Waals surface area contributed by atoms with Crippen LogP contribution in [0.2, 0.25) is 0 Å². The van der Waals surface area contributed by atoms with Crippen LogP contribution < -0.4 is 11.1 Å². The van der Waals surface area contributed by atoms with Crippen molar-refractivity contribution in [2.24, 2.45) is 0 Å². The zero-order chi connectivity index (χ0) is 13.1. The molecular formula is C14H14BrFN2. The van der Waals surface area contributed by atoms with Gasteiger partial charge in [-0.3, -0.25) is 0 Å². The number of nitrogen functional groups attached to an aromatic ring is 1. The van der Waals surface area contributed by atoms with Gasteiger partial charge in [-0.25, -0.2) is 4.39 Å². The molecule has 0 heterocycles. The second-order valence-corrected chi connectivity index (χ2v) is 5.05. The molecule has 0 amide bonds. The number of aryl methyl sites for hydroxylation is 1. The topological polar surface area (TPSA) is 38.0 Å². The molecule has 94 valence electrons. The van der Waals surface area contributed by atoms with Crippen molar-refractivity contribution in [2.75, 3.05) is 11.1 Å². The summed E-state index contributed by atoms with van der Waals surface area (Å²) < 4.78 is 13.8. The van der Waals surface area contributed by atoms with E-state index in [0.29, 0.717) is 22.4 Å². The van der Waals surface area contributed by atoms with Crippen LogP contribution in [0.4, 0.5) is 15.8 Å². The Morgan fingerprint density at radius 3 is 2.78 bits per heavy atom. The zero-order valence-electron chi connectivity index (χ0n) is 10.0. The molecule has 0 unspecified atom stereocenters. The molecule has 0 aliphatic carbocycles. The SMILES string of the molecule is Cc1cccc(CNc2cc(F)c(Br)cc2N)c1. The molecule has 0 aliphatic heterocycles. The summed E-state index contributed by atoms with van der Waals surface area (Å²) in [5.74, 6) is -0.323. The summed E-state index contributed by atoms with van der Waals surface area (Å²) in [6, 6.07) is 11.1. The highest BCUT2D eigenvalue weighted by molar-refractivity contribution is 9.10. The highest BCUT2D eigenvalue weighted by atomic mass is 79.9. The first-order valence-corrected chi connectivity index (χ1v) is 6.39. The zero-order valence-corrected chi connectivity index (χ0v) is 11.6. The monoisotopic (exact) mass is 308 g/mol. The Labute approximate surface area is 114 Å². The summed E-state index contributed by atoms with van der Waals surface area (Å²) in [5.41, 5.74) is 9.29. The van der Waals surface area contributed by atoms with E-state index in [1.54, 1.807) is 6.07 Å². The second kappa shape index (κ2) is 5.40. The van der Waals surface area contributed by atoms with Gasteiger partial charge in [0.1, 0.15) is 5.82 Å². The van der Waals surface area contributed by atoms with Gasteiger partial charge in [-0.2, -0.15) is 0 Å². The van der Waals surface area contributed by atoms with Crippen LogP contribution in [0.1, 0.15) is 11.1 Å². The fraction of sp³-hybridized carbons (Fsp3) is 0.143. The molecule has 0 spiro atoms. The Bertz CT molecular complexity index is 570. The summed E-state index contributed by atoms with van der Waals surface area (Å²) in [6.07, 6.45) is 0. The number of halogens is 2. The standard InChI is InChI=1S/C14H14BrFN2/c1-9-3-2-4-10(5-9)8-18-14-7-12(16)11(15)6-13(14)17/h2-7,18H,8,17H2,1H3. The molecule has 0 fully saturated rings. The van der Waals surface area contributed by atoms with Crippen LogP contribution in [0.3, 0.4) is 0 Å². The van der Waals surface area contributed by atoms with E-state index in [1.807, 2.05) is 25.1 Å². The highest BCUT2D eigenvalue weighted by Gasteiger charge is 2.05. The molecule has 18 heavy (non-hydrogen) atoms. The quantitative estimate of drug-likeness (QED) is 0.838. The lowest BCUT2D eigenvalue weighted by atomic mass is 10.1. The Morgan fingerprint density at radius 1 is 1.28 bits per heavy atom. The third-order valence-electron chi connectivity index (χ3n) is 2.66. The van der Waals surface area contributed by atoms with E-state index < -0.39 is 0 Å². The molecule has 2 aromatic carbocycles. The third-order valence-corrected chi connectivity index (χ3v) is 3.27. The van der Waals surface area contributed by atoms with Gasteiger partial charge < -0.3 is 11.1 Å². The molecule has 0 saturated heterocycles. The molecule has 0 atom stereocenters. The minimum atomic E-state index is -0.323. The van der Waals surface area contributed by atoms with Gasteiger partial charge >= 0.3 is 0 Å². The maximum atomic E-state index is 13.4. The maximum absolute atomic E-state index is 13.4. The van der Waals surface area contributed by atoms with Crippen LogP contribution in [0.5, 0.6) is 0 Å². The first-order valence-electron chi connectivity index (χ1n) is 5.60. The predicted molar refractivity (Wildman–Crippen MR) is 77.0 cm³/mol. The summed E-state index contributed by atoms with van der Waals surface area (Å²) in [4.78, 5) is 0. The fourth-order valence-electron chi connectivity index (χ4n) is 1.73. The first kappa shape index (κ1) is 12.9. The molecule has 0 aromatic heterocycles. The minimum Gasteiger partial charge on any atom is -0.397 e. The van der Waals surface area contributed by atoms with E-state index in [-0.39, 0.29) is 5.82 Å². The molecule has 2 rings (SSSR count). The third kappa shape index (κ3) is 3.01. The number of nitrogens with one attached hydrogen (secondary N) is 1. The first-order chi connectivity index (χ1) is 8.56. The summed E-state index contributed by atoms with van der Waals surface area (Å²) in [5, 5.41) is 3.14. The molecule has 2 nitrogen and oxygen atoms in total. The van der Waals surface area contributed by atoms with Crippen molar-refractivity contribution < 1.29 is 4.39 Å². The van der Waals surface area contributed by atoms with E-state index in [1.165, 1.54) is 11.6 Å². The lowest BCUT2D eigenvalue weighted by Gasteiger charge is -2.10. The van der Waals surface area contributed by atoms with Gasteiger partial charge in [0.25, 0.3) is 0 Å². The molecular weight excluding hydrogens is 295 g/mol. The number of nitrogens with two attached hydrogens (primary N) is 1. The number of rotatable bonds is 3. The van der Waals surface area contributed by atoms with Crippen molar-refractivity contribution in [1.29, 1.82) is 0 Å². The van der Waals surface area contributed by atoms with Gasteiger partial charge in [0.15, 0.2) is 0 Å². The van der Waals surface area contributed by atoms with E-state index >= 15 is 0 Å². The van der Waals surface area contributed by atoms with Crippen LogP contribution >= 0.6 is 15.9 Å². The lowest BCUT2D eigenvalue weighted by Crippen LogP contribution is -2.03. The average Bonchev–Trinajstić information content (AvgIpc) is 2.32. The summed E-state index contributed by atoms with van der Waals surface area (Å²) >= 11 is 3.10. The average molecular weight is 309 g/mol. The molecule has 4 heteroatoms. The van der Waals surface area contributed by atoms with Gasteiger partial charge in [-0.1, -0.05) is 29.8 Å². The molecule has 0 saturated carbocycles. The number of anilines is 2. The molecule has 0 aliphatic rings. The van der Waals surface area contributed by atoms with Crippen LogP contribution in [-0.4, -0.2) is 0 Å². The van der Waals surface area contributed by atoms with E-state index in [4.69, 9.17) is 5.73 Å². The largest absolute Gasteiger partial charge is 0.397 e. The normalized spacial score (nSPS) is 10.4. The van der Waals surface area contributed by atoms with Gasteiger partial charge in [0.2, 0.25) is 0 Å².